The Morgan fingerprint density at radius 3 is 2.46 bits per heavy atom. The number of carbonyl (C=O) groups excluding carboxylic acids is 1. The zero-order chi connectivity index (χ0) is 19.5. The van der Waals surface area contributed by atoms with Crippen molar-refractivity contribution in [2.24, 2.45) is 0 Å². The highest BCUT2D eigenvalue weighted by molar-refractivity contribution is 6.31. The molecule has 10 heteroatoms. The maximum Gasteiger partial charge on any atom is 0.405 e. The van der Waals surface area contributed by atoms with Crippen LogP contribution in [0.5, 0.6) is 0 Å². The summed E-state index contributed by atoms with van der Waals surface area (Å²) >= 11 is 5.71. The lowest BCUT2D eigenvalue weighted by Gasteiger charge is -2.16. The largest absolute Gasteiger partial charge is 0.405 e. The van der Waals surface area contributed by atoms with Gasteiger partial charge in [-0.1, -0.05) is 11.6 Å². The lowest BCUT2D eigenvalue weighted by atomic mass is 10.1. The van der Waals surface area contributed by atoms with Crippen LogP contribution in [0, 0.1) is 5.82 Å². The number of hydrogen-bond donors (Lipinski definition) is 4. The molecule has 0 aromatic heterocycles. The monoisotopic (exact) mass is 390 g/mol. The van der Waals surface area contributed by atoms with Crippen LogP contribution in [0.4, 0.5) is 40.3 Å². The fourth-order valence-corrected chi connectivity index (χ4v) is 2.31. The minimum atomic E-state index is -4.55. The molecule has 0 spiro atoms. The normalized spacial score (nSPS) is 11.2. The van der Waals surface area contributed by atoms with Crippen LogP contribution in [0.1, 0.15) is 10.4 Å². The van der Waals surface area contributed by atoms with Crippen molar-refractivity contribution in [1.82, 2.24) is 5.32 Å². The van der Waals surface area contributed by atoms with Crippen LogP contribution < -0.4 is 21.7 Å². The van der Waals surface area contributed by atoms with Crippen molar-refractivity contribution >= 4 is 40.3 Å². The Kier molecular flexibility index (Phi) is 5.81. The van der Waals surface area contributed by atoms with Gasteiger partial charge in [-0.2, -0.15) is 13.2 Å². The maximum atomic E-state index is 13.3. The molecule has 0 saturated heterocycles. The number of nitrogen functional groups attached to an aromatic ring is 1. The van der Waals surface area contributed by atoms with E-state index in [4.69, 9.17) is 17.3 Å². The van der Waals surface area contributed by atoms with Crippen LogP contribution in [0.3, 0.4) is 0 Å². The smallest absolute Gasteiger partial charge is 0.397 e. The van der Waals surface area contributed by atoms with Gasteiger partial charge in [-0.3, -0.25) is 4.79 Å². The molecule has 1 amide bonds. The number of nitrogens with one attached hydrogen (secondary N) is 3. The first-order valence-corrected chi connectivity index (χ1v) is 7.67. The number of anilines is 4. The van der Waals surface area contributed by atoms with Crippen LogP contribution in [-0.2, 0) is 0 Å². The number of rotatable bonds is 5. The molecule has 2 rings (SSSR count). The molecule has 2 aromatic carbocycles. The van der Waals surface area contributed by atoms with E-state index in [1.54, 1.807) is 12.4 Å². The highest BCUT2D eigenvalue weighted by Crippen LogP contribution is 2.31. The number of carbonyl (C=O) groups is 1. The predicted molar refractivity (Wildman–Crippen MR) is 93.5 cm³/mol. The van der Waals surface area contributed by atoms with Crippen molar-refractivity contribution in [3.8, 4) is 0 Å². The third-order valence-electron chi connectivity index (χ3n) is 3.35. The van der Waals surface area contributed by atoms with E-state index in [1.807, 2.05) is 0 Å². The van der Waals surface area contributed by atoms with Gasteiger partial charge >= 0.3 is 6.18 Å². The number of nitrogens with two attached hydrogens (primary N) is 1. The third-order valence-corrected chi connectivity index (χ3v) is 3.64. The van der Waals surface area contributed by atoms with Gasteiger partial charge in [0.25, 0.3) is 5.91 Å². The Labute approximate surface area is 151 Å². The summed E-state index contributed by atoms with van der Waals surface area (Å²) in [7, 11) is 1.59. The molecule has 0 fully saturated rings. The Balaban J connectivity index is 2.38. The maximum absolute atomic E-state index is 13.3. The summed E-state index contributed by atoms with van der Waals surface area (Å²) in [6.07, 6.45) is -4.55. The first-order chi connectivity index (χ1) is 12.1. The molecular weight excluding hydrogens is 376 g/mol. The van der Waals surface area contributed by atoms with Gasteiger partial charge in [0.2, 0.25) is 0 Å². The summed E-state index contributed by atoms with van der Waals surface area (Å²) in [5.41, 5.74) is 6.83. The van der Waals surface area contributed by atoms with E-state index in [0.717, 1.165) is 6.07 Å². The zero-order valence-corrected chi connectivity index (χ0v) is 14.2. The van der Waals surface area contributed by atoms with Gasteiger partial charge in [0.05, 0.1) is 27.6 Å². The number of hydrogen-bond acceptors (Lipinski definition) is 4. The van der Waals surface area contributed by atoms with E-state index < -0.39 is 24.4 Å². The van der Waals surface area contributed by atoms with Crippen molar-refractivity contribution in [2.75, 3.05) is 30.0 Å². The van der Waals surface area contributed by atoms with Crippen LogP contribution in [-0.4, -0.2) is 25.7 Å². The van der Waals surface area contributed by atoms with Crippen LogP contribution >= 0.6 is 11.6 Å². The van der Waals surface area contributed by atoms with E-state index in [2.05, 4.69) is 10.6 Å². The molecule has 0 bridgehead atoms. The van der Waals surface area contributed by atoms with E-state index in [-0.39, 0.29) is 22.0 Å². The first-order valence-electron chi connectivity index (χ1n) is 7.29. The minimum Gasteiger partial charge on any atom is -0.397 e. The van der Waals surface area contributed by atoms with E-state index in [9.17, 15) is 22.4 Å². The van der Waals surface area contributed by atoms with Crippen LogP contribution in [0.15, 0.2) is 30.3 Å². The number of benzene rings is 2. The van der Waals surface area contributed by atoms with Crippen LogP contribution in [0.2, 0.25) is 5.02 Å². The molecule has 2 aromatic rings. The minimum absolute atomic E-state index is 0.105. The lowest BCUT2D eigenvalue weighted by Crippen LogP contribution is -2.34. The van der Waals surface area contributed by atoms with Gasteiger partial charge in [-0.15, -0.1) is 0 Å². The molecule has 0 atom stereocenters. The van der Waals surface area contributed by atoms with Gasteiger partial charge in [0.15, 0.2) is 0 Å². The second-order valence-electron chi connectivity index (χ2n) is 5.29. The molecule has 5 nitrogen and oxygen atoms in total. The first kappa shape index (κ1) is 19.6. The van der Waals surface area contributed by atoms with E-state index in [0.29, 0.717) is 11.4 Å². The summed E-state index contributed by atoms with van der Waals surface area (Å²) in [4.78, 5) is 12.2. The van der Waals surface area contributed by atoms with Gasteiger partial charge in [-0.25, -0.2) is 4.39 Å². The molecular formula is C16H15ClF4N4O. The molecule has 0 aliphatic rings. The highest BCUT2D eigenvalue weighted by atomic mass is 35.5. The van der Waals surface area contributed by atoms with Crippen molar-refractivity contribution in [1.29, 1.82) is 0 Å². The fraction of sp³-hybridized carbons (Fsp3) is 0.188. The fourth-order valence-electron chi connectivity index (χ4n) is 2.13. The van der Waals surface area contributed by atoms with E-state index in [1.165, 1.54) is 24.3 Å². The molecule has 0 aliphatic heterocycles. The Morgan fingerprint density at radius 1 is 1.19 bits per heavy atom. The molecule has 26 heavy (non-hydrogen) atoms. The summed E-state index contributed by atoms with van der Waals surface area (Å²) in [6, 6.07) is 6.46. The van der Waals surface area contributed by atoms with Gasteiger partial charge < -0.3 is 21.7 Å². The Morgan fingerprint density at radius 2 is 1.88 bits per heavy atom. The van der Waals surface area contributed by atoms with Gasteiger partial charge in [0.1, 0.15) is 12.4 Å². The SMILES string of the molecule is CNc1cc(Nc2ccc(F)c(Cl)c2)c(C(=O)NCC(F)(F)F)cc1N. The number of halogens is 5. The zero-order valence-electron chi connectivity index (χ0n) is 13.5. The summed E-state index contributed by atoms with van der Waals surface area (Å²) < 4.78 is 50.3. The number of alkyl halides is 3. The average Bonchev–Trinajstić information content (AvgIpc) is 2.56. The quantitative estimate of drug-likeness (QED) is 0.457. The number of amides is 1. The molecule has 0 aliphatic carbocycles. The third kappa shape index (κ3) is 4.92. The second-order valence-corrected chi connectivity index (χ2v) is 5.69. The Bertz CT molecular complexity index is 827. The Hall–Kier alpha value is -2.68. The van der Waals surface area contributed by atoms with Crippen molar-refractivity contribution < 1.29 is 22.4 Å². The summed E-state index contributed by atoms with van der Waals surface area (Å²) in [6.45, 7) is -1.48. The van der Waals surface area contributed by atoms with Crippen LogP contribution in [0.25, 0.3) is 0 Å². The van der Waals surface area contributed by atoms with Gasteiger partial charge in [-0.05, 0) is 30.3 Å². The standard InChI is InChI=1S/C16H15ClF4N4O/c1-23-14-6-13(25-8-2-3-11(18)10(17)4-8)9(5-12(14)22)15(26)24-7-16(19,20)21/h2-6,23,25H,7,22H2,1H3,(H,24,26). The second kappa shape index (κ2) is 7.69. The summed E-state index contributed by atoms with van der Waals surface area (Å²) in [5, 5.41) is 7.27. The molecule has 0 radical (unpaired) electrons. The lowest BCUT2D eigenvalue weighted by molar-refractivity contribution is -0.123. The van der Waals surface area contributed by atoms with Crippen molar-refractivity contribution in [3.05, 3.63) is 46.7 Å². The topological polar surface area (TPSA) is 79.2 Å². The van der Waals surface area contributed by atoms with Crippen molar-refractivity contribution in [3.63, 3.8) is 0 Å². The molecule has 5 N–H and O–H groups in total. The van der Waals surface area contributed by atoms with E-state index >= 15 is 0 Å². The average molecular weight is 391 g/mol. The molecule has 0 heterocycles. The van der Waals surface area contributed by atoms with Gasteiger partial charge in [0, 0.05) is 12.7 Å². The molecule has 140 valence electrons. The van der Waals surface area contributed by atoms with Crippen molar-refractivity contribution in [2.45, 2.75) is 6.18 Å². The highest BCUT2D eigenvalue weighted by Gasteiger charge is 2.28. The predicted octanol–water partition coefficient (Wildman–Crippen LogP) is 4.14. The summed E-state index contributed by atoms with van der Waals surface area (Å²) in [5.74, 6) is -1.60. The molecule has 0 saturated carbocycles. The molecule has 0 unspecified atom stereocenters.